The fourth-order valence-electron chi connectivity index (χ4n) is 1.94. The van der Waals surface area contributed by atoms with Crippen LogP contribution in [-0.2, 0) is 6.42 Å². The Morgan fingerprint density at radius 3 is 2.90 bits per heavy atom. The highest BCUT2D eigenvalue weighted by Gasteiger charge is 2.13. The summed E-state index contributed by atoms with van der Waals surface area (Å²) in [5.74, 6) is 0.509. The Labute approximate surface area is 118 Å². The van der Waals surface area contributed by atoms with Crippen molar-refractivity contribution >= 4 is 0 Å². The second-order valence-electron chi connectivity index (χ2n) is 4.79. The van der Waals surface area contributed by atoms with Crippen LogP contribution in [0.3, 0.4) is 0 Å². The third-order valence-corrected chi connectivity index (χ3v) is 3.06. The molecule has 0 amide bonds. The maximum atomic E-state index is 14.0. The van der Waals surface area contributed by atoms with Gasteiger partial charge in [0, 0.05) is 6.42 Å². The fourth-order valence-corrected chi connectivity index (χ4v) is 1.94. The molecule has 5 heteroatoms. The third-order valence-electron chi connectivity index (χ3n) is 3.06. The van der Waals surface area contributed by atoms with Crippen LogP contribution in [0, 0.1) is 12.7 Å². The van der Waals surface area contributed by atoms with Gasteiger partial charge in [-0.3, -0.25) is 0 Å². The molecule has 0 saturated heterocycles. The summed E-state index contributed by atoms with van der Waals surface area (Å²) in [5, 5.41) is 11.2. The molecule has 2 aromatic rings. The molecule has 2 rings (SSSR count). The average Bonchev–Trinajstić information content (AvgIpc) is 2.90. The monoisotopic (exact) mass is 277 g/mol. The van der Waals surface area contributed by atoms with Gasteiger partial charge in [-0.05, 0) is 44.5 Å². The summed E-state index contributed by atoms with van der Waals surface area (Å²) in [4.78, 5) is 0. The van der Waals surface area contributed by atoms with Crippen molar-refractivity contribution in [1.82, 2.24) is 15.5 Å². The predicted molar refractivity (Wildman–Crippen MR) is 75.9 cm³/mol. The first-order valence-electron chi connectivity index (χ1n) is 7.01. The van der Waals surface area contributed by atoms with Gasteiger partial charge >= 0.3 is 0 Å². The van der Waals surface area contributed by atoms with Crippen molar-refractivity contribution in [2.75, 3.05) is 13.1 Å². The van der Waals surface area contributed by atoms with Crippen molar-refractivity contribution in [2.24, 2.45) is 0 Å². The Kier molecular flexibility index (Phi) is 5.24. The van der Waals surface area contributed by atoms with Crippen LogP contribution in [-0.4, -0.2) is 23.3 Å². The lowest BCUT2D eigenvalue weighted by atomic mass is 10.1. The van der Waals surface area contributed by atoms with E-state index < -0.39 is 0 Å². The van der Waals surface area contributed by atoms with Crippen molar-refractivity contribution in [3.63, 3.8) is 0 Å². The largest absolute Gasteiger partial charge is 0.421 e. The molecule has 108 valence electrons. The standard InChI is InChI=1S/C15H20FN3O/c1-3-9-17-10-5-8-13-18-19-15(20-13)12-7-4-6-11(2)14(12)16/h4,6-7,17H,3,5,8-10H2,1-2H3. The molecule has 0 atom stereocenters. The van der Waals surface area contributed by atoms with E-state index in [2.05, 4.69) is 22.4 Å². The first-order valence-corrected chi connectivity index (χ1v) is 7.01. The molecule has 0 aliphatic heterocycles. The molecule has 0 aliphatic rings. The third kappa shape index (κ3) is 3.63. The molecule has 0 saturated carbocycles. The summed E-state index contributed by atoms with van der Waals surface area (Å²) in [7, 11) is 0. The Balaban J connectivity index is 1.97. The molecular formula is C15H20FN3O. The van der Waals surface area contributed by atoms with Gasteiger partial charge in [0.2, 0.25) is 5.89 Å². The van der Waals surface area contributed by atoms with E-state index >= 15 is 0 Å². The van der Waals surface area contributed by atoms with E-state index in [0.29, 0.717) is 23.4 Å². The molecular weight excluding hydrogens is 257 g/mol. The minimum atomic E-state index is -0.299. The summed E-state index contributed by atoms with van der Waals surface area (Å²) < 4.78 is 19.5. The van der Waals surface area contributed by atoms with Crippen molar-refractivity contribution in [3.8, 4) is 11.5 Å². The molecule has 1 heterocycles. The Bertz CT molecular complexity index is 554. The SMILES string of the molecule is CCCNCCCc1nnc(-c2cccc(C)c2F)o1. The Morgan fingerprint density at radius 2 is 2.10 bits per heavy atom. The molecule has 0 aliphatic carbocycles. The lowest BCUT2D eigenvalue weighted by molar-refractivity contribution is 0.487. The zero-order valence-electron chi connectivity index (χ0n) is 11.9. The van der Waals surface area contributed by atoms with Gasteiger partial charge in [-0.15, -0.1) is 10.2 Å². The second-order valence-corrected chi connectivity index (χ2v) is 4.79. The first-order chi connectivity index (χ1) is 9.72. The van der Waals surface area contributed by atoms with Crippen molar-refractivity contribution in [2.45, 2.75) is 33.1 Å². The zero-order valence-corrected chi connectivity index (χ0v) is 11.9. The van der Waals surface area contributed by atoms with Gasteiger partial charge in [0.15, 0.2) is 0 Å². The van der Waals surface area contributed by atoms with Gasteiger partial charge in [0.1, 0.15) is 5.82 Å². The van der Waals surface area contributed by atoms with E-state index in [1.807, 2.05) is 0 Å². The number of halogens is 1. The number of hydrogen-bond acceptors (Lipinski definition) is 4. The van der Waals surface area contributed by atoms with Gasteiger partial charge in [0.05, 0.1) is 5.56 Å². The highest BCUT2D eigenvalue weighted by atomic mass is 19.1. The molecule has 1 aromatic carbocycles. The highest BCUT2D eigenvalue weighted by Crippen LogP contribution is 2.23. The Hall–Kier alpha value is -1.75. The summed E-state index contributed by atoms with van der Waals surface area (Å²) in [5.41, 5.74) is 0.943. The van der Waals surface area contributed by atoms with Crippen LogP contribution in [0.5, 0.6) is 0 Å². The maximum absolute atomic E-state index is 14.0. The van der Waals surface area contributed by atoms with E-state index in [4.69, 9.17) is 4.42 Å². The minimum Gasteiger partial charge on any atom is -0.421 e. The van der Waals surface area contributed by atoms with Crippen LogP contribution in [0.4, 0.5) is 4.39 Å². The normalized spacial score (nSPS) is 10.9. The quantitative estimate of drug-likeness (QED) is 0.790. The molecule has 0 bridgehead atoms. The molecule has 0 unspecified atom stereocenters. The smallest absolute Gasteiger partial charge is 0.250 e. The molecule has 1 aromatic heterocycles. The summed E-state index contributed by atoms with van der Waals surface area (Å²) in [6.07, 6.45) is 2.76. The molecule has 0 spiro atoms. The van der Waals surface area contributed by atoms with Gasteiger partial charge < -0.3 is 9.73 Å². The molecule has 4 nitrogen and oxygen atoms in total. The number of rotatable bonds is 7. The van der Waals surface area contributed by atoms with Gasteiger partial charge in [0.25, 0.3) is 5.89 Å². The topological polar surface area (TPSA) is 51.0 Å². The number of hydrogen-bond donors (Lipinski definition) is 1. The van der Waals surface area contributed by atoms with Crippen LogP contribution in [0.2, 0.25) is 0 Å². The van der Waals surface area contributed by atoms with E-state index in [9.17, 15) is 4.39 Å². The average molecular weight is 277 g/mol. The van der Waals surface area contributed by atoms with E-state index in [-0.39, 0.29) is 11.7 Å². The van der Waals surface area contributed by atoms with Crippen molar-refractivity contribution in [3.05, 3.63) is 35.5 Å². The zero-order chi connectivity index (χ0) is 14.4. The second kappa shape index (κ2) is 7.14. The molecule has 0 fully saturated rings. The van der Waals surface area contributed by atoms with Crippen LogP contribution in [0.25, 0.3) is 11.5 Å². The van der Waals surface area contributed by atoms with Crippen LogP contribution in [0.15, 0.2) is 22.6 Å². The van der Waals surface area contributed by atoms with Gasteiger partial charge in [-0.25, -0.2) is 4.39 Å². The van der Waals surface area contributed by atoms with Gasteiger partial charge in [-0.1, -0.05) is 19.1 Å². The summed E-state index contributed by atoms with van der Waals surface area (Å²) in [6, 6.07) is 5.16. The minimum absolute atomic E-state index is 0.253. The highest BCUT2D eigenvalue weighted by molar-refractivity contribution is 5.55. The molecule has 20 heavy (non-hydrogen) atoms. The number of nitrogens with zero attached hydrogens (tertiary/aromatic N) is 2. The number of benzene rings is 1. The van der Waals surface area contributed by atoms with Gasteiger partial charge in [-0.2, -0.15) is 0 Å². The van der Waals surface area contributed by atoms with E-state index in [1.165, 1.54) is 0 Å². The summed E-state index contributed by atoms with van der Waals surface area (Å²) in [6.45, 7) is 5.79. The van der Waals surface area contributed by atoms with E-state index in [1.54, 1.807) is 25.1 Å². The van der Waals surface area contributed by atoms with E-state index in [0.717, 1.165) is 25.9 Å². The van der Waals surface area contributed by atoms with Crippen LogP contribution < -0.4 is 5.32 Å². The summed E-state index contributed by atoms with van der Waals surface area (Å²) >= 11 is 0. The Morgan fingerprint density at radius 1 is 1.25 bits per heavy atom. The lowest BCUT2D eigenvalue weighted by Crippen LogP contribution is -2.16. The first kappa shape index (κ1) is 14.7. The molecule has 0 radical (unpaired) electrons. The predicted octanol–water partition coefficient (Wildman–Crippen LogP) is 3.12. The maximum Gasteiger partial charge on any atom is 0.250 e. The molecule has 1 N–H and O–H groups in total. The van der Waals surface area contributed by atoms with Crippen molar-refractivity contribution < 1.29 is 8.81 Å². The van der Waals surface area contributed by atoms with Crippen molar-refractivity contribution in [1.29, 1.82) is 0 Å². The van der Waals surface area contributed by atoms with Crippen LogP contribution >= 0.6 is 0 Å². The van der Waals surface area contributed by atoms with Crippen LogP contribution in [0.1, 0.15) is 31.2 Å². The number of nitrogens with one attached hydrogen (secondary N) is 1. The fraction of sp³-hybridized carbons (Fsp3) is 0.467. The number of aromatic nitrogens is 2. The number of aryl methyl sites for hydroxylation is 2. The lowest BCUT2D eigenvalue weighted by Gasteiger charge is -2.01.